The van der Waals surface area contributed by atoms with Crippen molar-refractivity contribution in [3.63, 3.8) is 0 Å². The molecule has 37 heavy (non-hydrogen) atoms. The first kappa shape index (κ1) is 23.7. The van der Waals surface area contributed by atoms with Crippen molar-refractivity contribution in [2.24, 2.45) is 0 Å². The Morgan fingerprint density at radius 3 is 2.57 bits per heavy atom. The van der Waals surface area contributed by atoms with Crippen LogP contribution in [0, 0.1) is 6.92 Å². The fourth-order valence-electron chi connectivity index (χ4n) is 4.45. The van der Waals surface area contributed by atoms with Crippen molar-refractivity contribution in [1.82, 2.24) is 13.7 Å². The minimum absolute atomic E-state index is 0.161. The average molecular weight is 528 g/mol. The Morgan fingerprint density at radius 2 is 1.78 bits per heavy atom. The summed E-state index contributed by atoms with van der Waals surface area (Å²) in [6, 6.07) is 24.9. The summed E-state index contributed by atoms with van der Waals surface area (Å²) in [5.41, 5.74) is 4.19. The molecule has 0 amide bonds. The zero-order valence-corrected chi connectivity index (χ0v) is 21.9. The van der Waals surface area contributed by atoms with Gasteiger partial charge in [-0.3, -0.25) is 4.40 Å². The molecule has 0 atom stereocenters. The maximum Gasteiger partial charge on any atom is 0.243 e. The van der Waals surface area contributed by atoms with Crippen LogP contribution in [0.1, 0.15) is 17.0 Å². The van der Waals surface area contributed by atoms with Crippen molar-refractivity contribution in [3.05, 3.63) is 114 Å². The van der Waals surface area contributed by atoms with Gasteiger partial charge in [0.05, 0.1) is 23.4 Å². The third-order valence-corrected chi connectivity index (χ3v) is 9.25. The van der Waals surface area contributed by atoms with Crippen molar-refractivity contribution >= 4 is 37.1 Å². The van der Waals surface area contributed by atoms with Crippen LogP contribution in [-0.4, -0.2) is 28.7 Å². The van der Waals surface area contributed by atoms with E-state index in [2.05, 4.69) is 41.0 Å². The van der Waals surface area contributed by atoms with Crippen molar-refractivity contribution in [2.75, 3.05) is 6.54 Å². The fourth-order valence-corrected chi connectivity index (χ4v) is 6.80. The van der Waals surface area contributed by atoms with E-state index in [1.54, 1.807) is 41.9 Å². The molecule has 6 aromatic rings. The van der Waals surface area contributed by atoms with Gasteiger partial charge in [0.15, 0.2) is 4.96 Å². The van der Waals surface area contributed by atoms with Crippen LogP contribution in [-0.2, 0) is 23.0 Å². The number of hydrogen-bond acceptors (Lipinski definition) is 5. The van der Waals surface area contributed by atoms with Crippen LogP contribution in [0.15, 0.2) is 106 Å². The molecule has 0 aliphatic heterocycles. The SMILES string of the molecule is Cc1ccc(-c2cn3c(CCN(Cc4ccco4)S(=O)(=O)c4ccc5ccccc5c4)csc3n2)cc1. The van der Waals surface area contributed by atoms with Gasteiger partial charge in [-0.05, 0) is 42.0 Å². The molecule has 0 radical (unpaired) electrons. The fraction of sp³-hybridized carbons (Fsp3) is 0.138. The largest absolute Gasteiger partial charge is 0.468 e. The van der Waals surface area contributed by atoms with E-state index in [-0.39, 0.29) is 11.4 Å². The molecule has 0 spiro atoms. The van der Waals surface area contributed by atoms with E-state index in [9.17, 15) is 8.42 Å². The molecule has 3 aromatic heterocycles. The number of rotatable bonds is 8. The van der Waals surface area contributed by atoms with Gasteiger partial charge in [0.1, 0.15) is 5.76 Å². The standard InChI is InChI=1S/C29H25N3O3S2/c1-21-8-10-23(11-9-21)28-19-32-25(20-36-29(32)30-28)14-15-31(18-26-7-4-16-35-26)37(33,34)27-13-12-22-5-2-3-6-24(22)17-27/h2-13,16-17,19-20H,14-15,18H2,1H3. The molecule has 6 nitrogen and oxygen atoms in total. The monoisotopic (exact) mass is 527 g/mol. The van der Waals surface area contributed by atoms with Crippen LogP contribution in [0.4, 0.5) is 0 Å². The number of nitrogens with zero attached hydrogens (tertiary/aromatic N) is 3. The van der Waals surface area contributed by atoms with Crippen LogP contribution in [0.25, 0.3) is 27.0 Å². The summed E-state index contributed by atoms with van der Waals surface area (Å²) in [6.45, 7) is 2.53. The van der Waals surface area contributed by atoms with Crippen molar-refractivity contribution in [3.8, 4) is 11.3 Å². The number of imidazole rings is 1. The third kappa shape index (κ3) is 4.71. The van der Waals surface area contributed by atoms with Crippen molar-refractivity contribution in [2.45, 2.75) is 24.8 Å². The van der Waals surface area contributed by atoms with Gasteiger partial charge in [0.25, 0.3) is 0 Å². The summed E-state index contributed by atoms with van der Waals surface area (Å²) in [5, 5.41) is 3.95. The summed E-state index contributed by atoms with van der Waals surface area (Å²) in [6.07, 6.45) is 4.13. The summed E-state index contributed by atoms with van der Waals surface area (Å²) in [7, 11) is -3.77. The van der Waals surface area contributed by atoms with Gasteiger partial charge in [-0.2, -0.15) is 4.31 Å². The molecule has 3 aromatic carbocycles. The minimum atomic E-state index is -3.77. The molecular weight excluding hydrogens is 502 g/mol. The quantitative estimate of drug-likeness (QED) is 0.225. The zero-order valence-electron chi connectivity index (χ0n) is 20.2. The number of benzene rings is 3. The Kier molecular flexibility index (Phi) is 6.16. The van der Waals surface area contributed by atoms with Gasteiger partial charge in [0.2, 0.25) is 10.0 Å². The highest BCUT2D eigenvalue weighted by molar-refractivity contribution is 7.89. The first-order valence-corrected chi connectivity index (χ1v) is 14.3. The Labute approximate surface area is 219 Å². The molecule has 8 heteroatoms. The normalized spacial score (nSPS) is 12.2. The van der Waals surface area contributed by atoms with Crippen LogP contribution < -0.4 is 0 Å². The van der Waals surface area contributed by atoms with Gasteiger partial charge in [-0.25, -0.2) is 13.4 Å². The topological polar surface area (TPSA) is 67.8 Å². The van der Waals surface area contributed by atoms with Crippen molar-refractivity contribution in [1.29, 1.82) is 0 Å². The second-order valence-corrected chi connectivity index (χ2v) is 11.8. The first-order chi connectivity index (χ1) is 18.0. The number of thiazole rings is 1. The number of furan rings is 1. The van der Waals surface area contributed by atoms with E-state index in [0.29, 0.717) is 18.7 Å². The van der Waals surface area contributed by atoms with Crippen molar-refractivity contribution < 1.29 is 12.8 Å². The Hall–Kier alpha value is -3.72. The maximum atomic E-state index is 13.8. The maximum absolute atomic E-state index is 13.8. The number of hydrogen-bond donors (Lipinski definition) is 0. The highest BCUT2D eigenvalue weighted by Gasteiger charge is 2.26. The number of aryl methyl sites for hydroxylation is 1. The van der Waals surface area contributed by atoms with E-state index in [1.165, 1.54) is 9.87 Å². The highest BCUT2D eigenvalue weighted by Crippen LogP contribution is 2.27. The molecule has 0 saturated heterocycles. The second-order valence-electron chi connectivity index (χ2n) is 9.05. The Balaban J connectivity index is 1.30. The van der Waals surface area contributed by atoms with Crippen LogP contribution in [0.5, 0.6) is 0 Å². The van der Waals surface area contributed by atoms with Gasteiger partial charge in [-0.1, -0.05) is 60.2 Å². The summed E-state index contributed by atoms with van der Waals surface area (Å²) in [5.74, 6) is 0.601. The van der Waals surface area contributed by atoms with E-state index in [0.717, 1.165) is 32.7 Å². The van der Waals surface area contributed by atoms with Gasteiger partial charge in [-0.15, -0.1) is 11.3 Å². The molecule has 3 heterocycles. The molecule has 0 aliphatic rings. The Morgan fingerprint density at radius 1 is 0.973 bits per heavy atom. The zero-order chi connectivity index (χ0) is 25.4. The molecule has 0 bridgehead atoms. The lowest BCUT2D eigenvalue weighted by atomic mass is 10.1. The molecule has 186 valence electrons. The molecule has 0 N–H and O–H groups in total. The summed E-state index contributed by atoms with van der Waals surface area (Å²) >= 11 is 1.56. The molecule has 0 aliphatic carbocycles. The van der Waals surface area contributed by atoms with E-state index < -0.39 is 10.0 Å². The molecule has 0 unspecified atom stereocenters. The lowest BCUT2D eigenvalue weighted by molar-refractivity contribution is 0.365. The molecule has 0 fully saturated rings. The number of sulfonamides is 1. The van der Waals surface area contributed by atoms with E-state index >= 15 is 0 Å². The van der Waals surface area contributed by atoms with Gasteiger partial charge >= 0.3 is 0 Å². The predicted molar refractivity (Wildman–Crippen MR) is 147 cm³/mol. The smallest absolute Gasteiger partial charge is 0.243 e. The summed E-state index contributed by atoms with van der Waals surface area (Å²) < 4.78 is 36.7. The second kappa shape index (κ2) is 9.63. The van der Waals surface area contributed by atoms with E-state index in [4.69, 9.17) is 9.40 Å². The minimum Gasteiger partial charge on any atom is -0.468 e. The lowest BCUT2D eigenvalue weighted by Crippen LogP contribution is -2.32. The Bertz CT molecular complexity index is 1780. The third-order valence-electron chi connectivity index (χ3n) is 6.52. The molecule has 6 rings (SSSR count). The van der Waals surface area contributed by atoms with Crippen LogP contribution >= 0.6 is 11.3 Å². The van der Waals surface area contributed by atoms with E-state index in [1.807, 2.05) is 36.5 Å². The van der Waals surface area contributed by atoms with Crippen LogP contribution in [0.2, 0.25) is 0 Å². The lowest BCUT2D eigenvalue weighted by Gasteiger charge is -2.21. The first-order valence-electron chi connectivity index (χ1n) is 12.0. The molecular formula is C29H25N3O3S2. The number of aromatic nitrogens is 2. The predicted octanol–water partition coefficient (Wildman–Crippen LogP) is 6.55. The van der Waals surface area contributed by atoms with Gasteiger partial charge in [0, 0.05) is 35.8 Å². The highest BCUT2D eigenvalue weighted by atomic mass is 32.2. The average Bonchev–Trinajstić information content (AvgIpc) is 3.65. The number of fused-ring (bicyclic) bond motifs is 2. The van der Waals surface area contributed by atoms with Gasteiger partial charge < -0.3 is 4.42 Å². The molecule has 0 saturated carbocycles. The van der Waals surface area contributed by atoms with Crippen LogP contribution in [0.3, 0.4) is 0 Å². The summed E-state index contributed by atoms with van der Waals surface area (Å²) in [4.78, 5) is 5.95.